The molecule has 0 amide bonds. The highest BCUT2D eigenvalue weighted by Crippen LogP contribution is 2.57. The third-order valence-electron chi connectivity index (χ3n) is 2.71. The summed E-state index contributed by atoms with van der Waals surface area (Å²) in [7, 11) is 2.01. The highest BCUT2D eigenvalue weighted by atomic mass is 16.9. The van der Waals surface area contributed by atoms with E-state index >= 15 is 0 Å². The van der Waals surface area contributed by atoms with Crippen LogP contribution in [0.15, 0.2) is 0 Å². The first-order valence-electron chi connectivity index (χ1n) is 4.56. The minimum absolute atomic E-state index is 0.0833. The van der Waals surface area contributed by atoms with Gasteiger partial charge in [-0.2, -0.15) is 5.06 Å². The van der Waals surface area contributed by atoms with Gasteiger partial charge in [0.15, 0.2) is 5.72 Å². The van der Waals surface area contributed by atoms with Gasteiger partial charge in [0.2, 0.25) is 0 Å². The van der Waals surface area contributed by atoms with Crippen molar-refractivity contribution in [2.45, 2.75) is 47.3 Å². The Kier molecular flexibility index (Phi) is 1.86. The molecule has 1 aliphatic rings. The van der Waals surface area contributed by atoms with Crippen molar-refractivity contribution < 1.29 is 4.84 Å². The largest absolute Gasteiger partial charge is 0.271 e. The van der Waals surface area contributed by atoms with Crippen molar-refractivity contribution in [1.82, 2.24) is 5.06 Å². The third kappa shape index (κ3) is 1.09. The van der Waals surface area contributed by atoms with Gasteiger partial charge in [-0.25, -0.2) is 0 Å². The fourth-order valence-electron chi connectivity index (χ4n) is 2.52. The fraction of sp³-hybridized carbons (Fsp3) is 1.00. The second-order valence-corrected chi connectivity index (χ2v) is 5.73. The van der Waals surface area contributed by atoms with Gasteiger partial charge in [0.25, 0.3) is 0 Å². The number of nitrogens with zero attached hydrogens (tertiary/aromatic N) is 1. The SMILES string of the molecule is CN1OC1(C(C)(C)C)C(C)(C)C. The first-order chi connectivity index (χ1) is 5.13. The van der Waals surface area contributed by atoms with Crippen molar-refractivity contribution in [2.24, 2.45) is 10.8 Å². The molecular weight excluding hydrogens is 150 g/mol. The lowest BCUT2D eigenvalue weighted by Crippen LogP contribution is -2.44. The second-order valence-electron chi connectivity index (χ2n) is 5.73. The Bertz CT molecular complexity index is 171. The summed E-state index contributed by atoms with van der Waals surface area (Å²) in [4.78, 5) is 5.67. The Morgan fingerprint density at radius 1 is 0.917 bits per heavy atom. The first-order valence-corrected chi connectivity index (χ1v) is 4.56. The molecule has 1 unspecified atom stereocenters. The van der Waals surface area contributed by atoms with Gasteiger partial charge in [-0.3, -0.25) is 4.84 Å². The zero-order chi connectivity index (χ0) is 9.78. The van der Waals surface area contributed by atoms with Gasteiger partial charge in [-0.05, 0) is 0 Å². The van der Waals surface area contributed by atoms with Gasteiger partial charge in [-0.15, -0.1) is 0 Å². The summed E-state index contributed by atoms with van der Waals surface area (Å²) in [5.74, 6) is 0. The molecule has 0 aromatic heterocycles. The lowest BCUT2D eigenvalue weighted by molar-refractivity contribution is 0.0483. The summed E-state index contributed by atoms with van der Waals surface area (Å²) < 4.78 is 0. The van der Waals surface area contributed by atoms with Crippen molar-refractivity contribution in [1.29, 1.82) is 0 Å². The molecule has 1 atom stereocenters. The fourth-order valence-corrected chi connectivity index (χ4v) is 2.52. The molecule has 1 fully saturated rings. The maximum absolute atomic E-state index is 5.67. The van der Waals surface area contributed by atoms with Crippen LogP contribution in [0.5, 0.6) is 0 Å². The highest BCUT2D eigenvalue weighted by molar-refractivity contribution is 5.04. The molecule has 2 heteroatoms. The van der Waals surface area contributed by atoms with Gasteiger partial charge < -0.3 is 0 Å². The highest BCUT2D eigenvalue weighted by Gasteiger charge is 2.67. The van der Waals surface area contributed by atoms with Crippen molar-refractivity contribution in [2.75, 3.05) is 7.05 Å². The predicted molar refractivity (Wildman–Crippen MR) is 50.5 cm³/mol. The van der Waals surface area contributed by atoms with E-state index in [1.165, 1.54) is 0 Å². The maximum Gasteiger partial charge on any atom is 0.174 e. The Labute approximate surface area is 75.8 Å². The zero-order valence-corrected chi connectivity index (χ0v) is 9.36. The van der Waals surface area contributed by atoms with Crippen LogP contribution in [0.3, 0.4) is 0 Å². The molecule has 0 saturated carbocycles. The van der Waals surface area contributed by atoms with Gasteiger partial charge in [0.05, 0.1) is 0 Å². The number of hydroxylamine groups is 2. The van der Waals surface area contributed by atoms with E-state index in [2.05, 4.69) is 41.5 Å². The van der Waals surface area contributed by atoms with Crippen molar-refractivity contribution >= 4 is 0 Å². The van der Waals surface area contributed by atoms with E-state index in [0.717, 1.165) is 0 Å². The van der Waals surface area contributed by atoms with E-state index < -0.39 is 0 Å². The molecule has 12 heavy (non-hydrogen) atoms. The van der Waals surface area contributed by atoms with E-state index in [4.69, 9.17) is 4.84 Å². The zero-order valence-electron chi connectivity index (χ0n) is 9.36. The van der Waals surface area contributed by atoms with Crippen LogP contribution in [0.1, 0.15) is 41.5 Å². The van der Waals surface area contributed by atoms with E-state index in [1.807, 2.05) is 12.1 Å². The van der Waals surface area contributed by atoms with Gasteiger partial charge >= 0.3 is 0 Å². The molecule has 0 aromatic rings. The monoisotopic (exact) mass is 171 g/mol. The summed E-state index contributed by atoms with van der Waals surface area (Å²) in [6, 6.07) is 0. The molecule has 2 nitrogen and oxygen atoms in total. The second kappa shape index (κ2) is 2.24. The van der Waals surface area contributed by atoms with Gasteiger partial charge in [-0.1, -0.05) is 41.5 Å². The lowest BCUT2D eigenvalue weighted by atomic mass is 9.70. The quantitative estimate of drug-likeness (QED) is 0.521. The van der Waals surface area contributed by atoms with E-state index in [-0.39, 0.29) is 16.6 Å². The van der Waals surface area contributed by atoms with Crippen LogP contribution in [-0.2, 0) is 4.84 Å². The molecule has 1 heterocycles. The summed E-state index contributed by atoms with van der Waals surface area (Å²) >= 11 is 0. The molecule has 0 aromatic carbocycles. The molecule has 0 bridgehead atoms. The average Bonchev–Trinajstić information content (AvgIpc) is 2.36. The molecule has 72 valence electrons. The topological polar surface area (TPSA) is 15.5 Å². The Balaban J connectivity index is 2.96. The molecule has 1 aliphatic heterocycles. The van der Waals surface area contributed by atoms with E-state index in [9.17, 15) is 0 Å². The first kappa shape index (κ1) is 10.0. The molecule has 1 saturated heterocycles. The predicted octanol–water partition coefficient (Wildman–Crippen LogP) is 2.65. The standard InChI is InChI=1S/C10H21NO/c1-8(2,3)10(9(4,5)6)11(7)12-10/h1-7H3. The normalized spacial score (nSPS) is 28.8. The van der Waals surface area contributed by atoms with Crippen molar-refractivity contribution in [3.8, 4) is 0 Å². The average molecular weight is 171 g/mol. The van der Waals surface area contributed by atoms with Crippen LogP contribution < -0.4 is 0 Å². The van der Waals surface area contributed by atoms with Crippen LogP contribution in [0.4, 0.5) is 0 Å². The number of hydrogen-bond donors (Lipinski definition) is 0. The van der Waals surface area contributed by atoms with Crippen LogP contribution in [0, 0.1) is 10.8 Å². The molecule has 1 rings (SSSR count). The molecular formula is C10H21NO. The number of rotatable bonds is 0. The minimum atomic E-state index is -0.0833. The van der Waals surface area contributed by atoms with Crippen molar-refractivity contribution in [3.05, 3.63) is 0 Å². The molecule has 0 N–H and O–H groups in total. The molecule has 0 radical (unpaired) electrons. The summed E-state index contributed by atoms with van der Waals surface area (Å²) in [5.41, 5.74) is 0.250. The Morgan fingerprint density at radius 2 is 1.17 bits per heavy atom. The molecule has 0 spiro atoms. The van der Waals surface area contributed by atoms with Gasteiger partial charge in [0, 0.05) is 17.9 Å². The van der Waals surface area contributed by atoms with E-state index in [1.54, 1.807) is 0 Å². The van der Waals surface area contributed by atoms with Crippen LogP contribution in [0.25, 0.3) is 0 Å². The summed E-state index contributed by atoms with van der Waals surface area (Å²) in [6.07, 6.45) is 0. The van der Waals surface area contributed by atoms with Gasteiger partial charge in [0.1, 0.15) is 0 Å². The lowest BCUT2D eigenvalue weighted by Gasteiger charge is -2.37. The number of hydrogen-bond acceptors (Lipinski definition) is 2. The smallest absolute Gasteiger partial charge is 0.174 e. The third-order valence-corrected chi connectivity index (χ3v) is 2.71. The Morgan fingerprint density at radius 3 is 1.17 bits per heavy atom. The molecule has 0 aliphatic carbocycles. The summed E-state index contributed by atoms with van der Waals surface area (Å²) in [5, 5.41) is 1.98. The van der Waals surface area contributed by atoms with Crippen LogP contribution in [0.2, 0.25) is 0 Å². The summed E-state index contributed by atoms with van der Waals surface area (Å²) in [6.45, 7) is 13.3. The Hall–Kier alpha value is -0.0800. The van der Waals surface area contributed by atoms with Crippen molar-refractivity contribution in [3.63, 3.8) is 0 Å². The minimum Gasteiger partial charge on any atom is -0.271 e. The van der Waals surface area contributed by atoms with Crippen LogP contribution >= 0.6 is 0 Å². The van der Waals surface area contributed by atoms with E-state index in [0.29, 0.717) is 0 Å². The van der Waals surface area contributed by atoms with Crippen LogP contribution in [-0.4, -0.2) is 17.8 Å². The maximum atomic E-state index is 5.67.